The lowest BCUT2D eigenvalue weighted by atomic mass is 9.76. The highest BCUT2D eigenvalue weighted by molar-refractivity contribution is 5.76. The summed E-state index contributed by atoms with van der Waals surface area (Å²) in [6.07, 6.45) is 8.40. The second-order valence-corrected chi connectivity index (χ2v) is 7.17. The Bertz CT molecular complexity index is 710. The van der Waals surface area contributed by atoms with Crippen LogP contribution in [0, 0.1) is 5.41 Å². The van der Waals surface area contributed by atoms with Gasteiger partial charge < -0.3 is 9.42 Å². The molecule has 0 aliphatic carbocycles. The van der Waals surface area contributed by atoms with Crippen molar-refractivity contribution in [3.05, 3.63) is 30.3 Å². The van der Waals surface area contributed by atoms with Gasteiger partial charge in [-0.15, -0.1) is 0 Å². The van der Waals surface area contributed by atoms with E-state index in [-0.39, 0.29) is 5.91 Å². The van der Waals surface area contributed by atoms with Crippen molar-refractivity contribution >= 4 is 5.91 Å². The number of rotatable bonds is 6. The molecule has 0 saturated carbocycles. The topological polar surface area (TPSA) is 72.1 Å². The Labute approximate surface area is 155 Å². The molecule has 2 aromatic heterocycles. The molecule has 0 bridgehead atoms. The van der Waals surface area contributed by atoms with Gasteiger partial charge in [0.15, 0.2) is 0 Å². The molecule has 140 valence electrons. The van der Waals surface area contributed by atoms with Crippen molar-refractivity contribution in [3.63, 3.8) is 0 Å². The van der Waals surface area contributed by atoms with E-state index in [2.05, 4.69) is 29.0 Å². The predicted octanol–water partition coefficient (Wildman–Crippen LogP) is 3.88. The van der Waals surface area contributed by atoms with Crippen LogP contribution in [0.4, 0.5) is 0 Å². The van der Waals surface area contributed by atoms with Gasteiger partial charge in [0.25, 0.3) is 0 Å². The summed E-state index contributed by atoms with van der Waals surface area (Å²) in [4.78, 5) is 23.2. The fraction of sp³-hybridized carbons (Fsp3) is 0.600. The van der Waals surface area contributed by atoms with Crippen LogP contribution in [0.5, 0.6) is 0 Å². The van der Waals surface area contributed by atoms with E-state index in [1.54, 1.807) is 6.20 Å². The molecule has 3 rings (SSSR count). The average molecular weight is 356 g/mol. The molecule has 0 atom stereocenters. The Morgan fingerprint density at radius 2 is 2.08 bits per heavy atom. The van der Waals surface area contributed by atoms with E-state index in [1.807, 2.05) is 23.1 Å². The molecule has 1 amide bonds. The van der Waals surface area contributed by atoms with Gasteiger partial charge >= 0.3 is 0 Å². The summed E-state index contributed by atoms with van der Waals surface area (Å²) in [5.41, 5.74) is 1.09. The fourth-order valence-corrected chi connectivity index (χ4v) is 3.79. The van der Waals surface area contributed by atoms with Crippen LogP contribution in [0.15, 0.2) is 28.9 Å². The highest BCUT2D eigenvalue weighted by Gasteiger charge is 2.30. The van der Waals surface area contributed by atoms with Gasteiger partial charge in [0.1, 0.15) is 5.69 Å². The van der Waals surface area contributed by atoms with Crippen molar-refractivity contribution < 1.29 is 9.32 Å². The van der Waals surface area contributed by atoms with Gasteiger partial charge in [0.05, 0.1) is 0 Å². The van der Waals surface area contributed by atoms with Crippen LogP contribution in [-0.2, 0) is 11.2 Å². The predicted molar refractivity (Wildman–Crippen MR) is 99.3 cm³/mol. The van der Waals surface area contributed by atoms with E-state index in [4.69, 9.17) is 4.52 Å². The zero-order valence-electron chi connectivity index (χ0n) is 15.8. The average Bonchev–Trinajstić information content (AvgIpc) is 3.06. The maximum absolute atomic E-state index is 12.6. The second kappa shape index (κ2) is 8.43. The molecule has 0 spiro atoms. The molecule has 0 N–H and O–H groups in total. The lowest BCUT2D eigenvalue weighted by Gasteiger charge is -2.30. The molecule has 6 heteroatoms. The maximum Gasteiger partial charge on any atom is 0.227 e. The summed E-state index contributed by atoms with van der Waals surface area (Å²) >= 11 is 0. The molecule has 1 saturated heterocycles. The molecular formula is C20H28N4O2. The van der Waals surface area contributed by atoms with Crippen LogP contribution in [0.25, 0.3) is 11.5 Å². The lowest BCUT2D eigenvalue weighted by molar-refractivity contribution is -0.131. The van der Waals surface area contributed by atoms with Crippen LogP contribution in [0.2, 0.25) is 0 Å². The standard InChI is InChI=1S/C20H28N4O2/c1-3-20(4-2)11-7-14-24(15-12-20)18(25)10-9-17-22-19(23-26-17)16-8-5-6-13-21-16/h5-6,8,13H,3-4,7,9-12,14-15H2,1-2H3. The molecule has 0 unspecified atom stereocenters. The van der Waals surface area contributed by atoms with E-state index in [0.717, 1.165) is 25.9 Å². The zero-order chi connectivity index (χ0) is 18.4. The highest BCUT2D eigenvalue weighted by atomic mass is 16.5. The Hall–Kier alpha value is -2.24. The number of aromatic nitrogens is 3. The van der Waals surface area contributed by atoms with Gasteiger partial charge in [-0.25, -0.2) is 0 Å². The molecule has 1 fully saturated rings. The van der Waals surface area contributed by atoms with Gasteiger partial charge in [0, 0.05) is 32.1 Å². The normalized spacial score (nSPS) is 17.1. The summed E-state index contributed by atoms with van der Waals surface area (Å²) in [5, 5.41) is 3.96. The van der Waals surface area contributed by atoms with Crippen LogP contribution in [-0.4, -0.2) is 39.0 Å². The number of carbonyl (C=O) groups excluding carboxylic acids is 1. The number of pyridine rings is 1. The number of amides is 1. The van der Waals surface area contributed by atoms with Crippen molar-refractivity contribution in [2.75, 3.05) is 13.1 Å². The zero-order valence-corrected chi connectivity index (χ0v) is 15.8. The van der Waals surface area contributed by atoms with Gasteiger partial charge in [-0.1, -0.05) is 37.9 Å². The minimum absolute atomic E-state index is 0.186. The minimum Gasteiger partial charge on any atom is -0.343 e. The van der Waals surface area contributed by atoms with Gasteiger partial charge in [0.2, 0.25) is 17.6 Å². The first-order valence-electron chi connectivity index (χ1n) is 9.67. The SMILES string of the molecule is CCC1(CC)CCCN(C(=O)CCc2nc(-c3ccccn3)no2)CC1. The Balaban J connectivity index is 1.54. The summed E-state index contributed by atoms with van der Waals surface area (Å²) in [5.74, 6) is 1.15. The largest absolute Gasteiger partial charge is 0.343 e. The van der Waals surface area contributed by atoms with Gasteiger partial charge in [-0.3, -0.25) is 9.78 Å². The van der Waals surface area contributed by atoms with Crippen molar-refractivity contribution in [3.8, 4) is 11.5 Å². The third-order valence-electron chi connectivity index (χ3n) is 5.81. The highest BCUT2D eigenvalue weighted by Crippen LogP contribution is 2.37. The first-order valence-corrected chi connectivity index (χ1v) is 9.67. The molecular weight excluding hydrogens is 328 g/mol. The van der Waals surface area contributed by atoms with E-state index in [9.17, 15) is 4.79 Å². The van der Waals surface area contributed by atoms with E-state index >= 15 is 0 Å². The molecule has 1 aliphatic rings. The first kappa shape index (κ1) is 18.5. The van der Waals surface area contributed by atoms with E-state index in [0.29, 0.717) is 35.7 Å². The molecule has 0 radical (unpaired) electrons. The molecule has 26 heavy (non-hydrogen) atoms. The van der Waals surface area contributed by atoms with E-state index in [1.165, 1.54) is 19.3 Å². The molecule has 0 aromatic carbocycles. The summed E-state index contributed by atoms with van der Waals surface area (Å²) in [6, 6.07) is 5.56. The molecule has 6 nitrogen and oxygen atoms in total. The monoisotopic (exact) mass is 356 g/mol. The summed E-state index contributed by atoms with van der Waals surface area (Å²) in [6.45, 7) is 6.28. The van der Waals surface area contributed by atoms with Crippen molar-refractivity contribution in [2.45, 2.75) is 58.8 Å². The number of hydrogen-bond donors (Lipinski definition) is 0. The number of hydrogen-bond acceptors (Lipinski definition) is 5. The Morgan fingerprint density at radius 1 is 1.23 bits per heavy atom. The van der Waals surface area contributed by atoms with Crippen LogP contribution < -0.4 is 0 Å². The van der Waals surface area contributed by atoms with E-state index < -0.39 is 0 Å². The quantitative estimate of drug-likeness (QED) is 0.785. The Morgan fingerprint density at radius 3 is 2.81 bits per heavy atom. The summed E-state index contributed by atoms with van der Waals surface area (Å²) < 4.78 is 5.28. The van der Waals surface area contributed by atoms with Crippen LogP contribution in [0.1, 0.15) is 58.3 Å². The lowest BCUT2D eigenvalue weighted by Crippen LogP contribution is -2.32. The summed E-state index contributed by atoms with van der Waals surface area (Å²) in [7, 11) is 0. The van der Waals surface area contributed by atoms with Gasteiger partial charge in [-0.2, -0.15) is 4.98 Å². The third kappa shape index (κ3) is 4.29. The smallest absolute Gasteiger partial charge is 0.227 e. The van der Waals surface area contributed by atoms with Crippen molar-refractivity contribution in [2.24, 2.45) is 5.41 Å². The van der Waals surface area contributed by atoms with Crippen molar-refractivity contribution in [1.29, 1.82) is 0 Å². The first-order chi connectivity index (χ1) is 12.7. The van der Waals surface area contributed by atoms with Crippen LogP contribution >= 0.6 is 0 Å². The molecule has 3 heterocycles. The third-order valence-corrected chi connectivity index (χ3v) is 5.81. The number of carbonyl (C=O) groups is 1. The van der Waals surface area contributed by atoms with Crippen molar-refractivity contribution in [1.82, 2.24) is 20.0 Å². The Kier molecular flexibility index (Phi) is 6.01. The van der Waals surface area contributed by atoms with Gasteiger partial charge in [-0.05, 0) is 36.8 Å². The fourth-order valence-electron chi connectivity index (χ4n) is 3.79. The maximum atomic E-state index is 12.6. The minimum atomic E-state index is 0.186. The number of nitrogens with zero attached hydrogens (tertiary/aromatic N) is 4. The van der Waals surface area contributed by atoms with Crippen LogP contribution in [0.3, 0.4) is 0 Å². The number of aryl methyl sites for hydroxylation is 1. The number of likely N-dealkylation sites (tertiary alicyclic amines) is 1. The molecule has 2 aromatic rings. The molecule has 1 aliphatic heterocycles. The second-order valence-electron chi connectivity index (χ2n) is 7.17.